The van der Waals surface area contributed by atoms with Gasteiger partial charge in [-0.25, -0.2) is 0 Å². The molecule has 1 amide bonds. The van der Waals surface area contributed by atoms with Gasteiger partial charge < -0.3 is 10.0 Å². The Morgan fingerprint density at radius 3 is 2.44 bits per heavy atom. The molecule has 0 aromatic heterocycles. The normalized spacial score (nSPS) is 18.8. The van der Waals surface area contributed by atoms with Crippen LogP contribution < -0.4 is 0 Å². The number of carbonyl (C=O) groups is 2. The van der Waals surface area contributed by atoms with Crippen molar-refractivity contribution in [3.63, 3.8) is 0 Å². The molecular weight excluding hydrogens is 338 g/mol. The summed E-state index contributed by atoms with van der Waals surface area (Å²) in [6.45, 7) is 6.17. The monoisotopic (exact) mass is 363 g/mol. The number of hydrogen-bond acceptors (Lipinski definition) is 3. The highest BCUT2D eigenvalue weighted by Crippen LogP contribution is 2.39. The lowest BCUT2D eigenvalue weighted by Gasteiger charge is -2.30. The van der Waals surface area contributed by atoms with Crippen molar-refractivity contribution < 1.29 is 14.7 Å². The molecule has 0 spiro atoms. The lowest BCUT2D eigenvalue weighted by molar-refractivity contribution is -0.130. The van der Waals surface area contributed by atoms with Crippen molar-refractivity contribution >= 4 is 23.3 Å². The van der Waals surface area contributed by atoms with E-state index >= 15 is 0 Å². The van der Waals surface area contributed by atoms with E-state index in [9.17, 15) is 14.7 Å². The van der Waals surface area contributed by atoms with Crippen LogP contribution in [0, 0.1) is 5.92 Å². The quantitative estimate of drug-likeness (QED) is 0.718. The van der Waals surface area contributed by atoms with Gasteiger partial charge in [-0.05, 0) is 37.0 Å². The zero-order valence-corrected chi connectivity index (χ0v) is 15.8. The van der Waals surface area contributed by atoms with Gasteiger partial charge in [-0.2, -0.15) is 0 Å². The van der Waals surface area contributed by atoms with Gasteiger partial charge in [-0.15, -0.1) is 0 Å². The van der Waals surface area contributed by atoms with Crippen molar-refractivity contribution in [2.45, 2.75) is 52.5 Å². The molecule has 4 nitrogen and oxygen atoms in total. The number of aliphatic hydroxyl groups is 1. The minimum atomic E-state index is -0.544. The zero-order valence-electron chi connectivity index (χ0n) is 15.1. The molecule has 1 aliphatic rings. The second-order valence-electron chi connectivity index (χ2n) is 6.65. The Labute approximate surface area is 154 Å². The number of rotatable bonds is 8. The van der Waals surface area contributed by atoms with Crippen molar-refractivity contribution in [2.75, 3.05) is 6.54 Å². The summed E-state index contributed by atoms with van der Waals surface area (Å²) in [5, 5.41) is 10.9. The van der Waals surface area contributed by atoms with Gasteiger partial charge in [-0.1, -0.05) is 56.8 Å². The van der Waals surface area contributed by atoms with E-state index in [4.69, 9.17) is 11.6 Å². The number of Topliss-reactive ketones (excluding diaryl/α,β-unsaturated/α-hetero) is 1. The molecule has 0 bridgehead atoms. The zero-order chi connectivity index (χ0) is 18.6. The molecule has 0 radical (unpaired) electrons. The van der Waals surface area contributed by atoms with Gasteiger partial charge >= 0.3 is 0 Å². The summed E-state index contributed by atoms with van der Waals surface area (Å²) in [4.78, 5) is 26.4. The SMILES string of the molecule is CCCC[C@@H](CC)CN1C(=O)C(O)=C(C(C)=O)[C@H]1c1ccc(Cl)cc1. The number of carbonyl (C=O) groups excluding carboxylic acids is 2. The summed E-state index contributed by atoms with van der Waals surface area (Å²) in [5.41, 5.74) is 0.968. The Bertz CT molecular complexity index is 666. The van der Waals surface area contributed by atoms with Gasteiger partial charge in [0.2, 0.25) is 0 Å². The van der Waals surface area contributed by atoms with Crippen LogP contribution in [0.3, 0.4) is 0 Å². The third kappa shape index (κ3) is 4.24. The summed E-state index contributed by atoms with van der Waals surface area (Å²) in [6, 6.07) is 6.55. The van der Waals surface area contributed by atoms with Crippen LogP contribution in [0.5, 0.6) is 0 Å². The maximum atomic E-state index is 12.6. The molecule has 0 aliphatic carbocycles. The lowest BCUT2D eigenvalue weighted by Crippen LogP contribution is -2.35. The van der Waals surface area contributed by atoms with Crippen LogP contribution in [0.25, 0.3) is 0 Å². The highest BCUT2D eigenvalue weighted by atomic mass is 35.5. The van der Waals surface area contributed by atoms with Crippen molar-refractivity contribution in [3.8, 4) is 0 Å². The maximum Gasteiger partial charge on any atom is 0.290 e. The smallest absolute Gasteiger partial charge is 0.290 e. The van der Waals surface area contributed by atoms with Crippen LogP contribution in [-0.2, 0) is 9.59 Å². The molecule has 2 rings (SSSR count). The molecule has 1 heterocycles. The number of nitrogens with zero attached hydrogens (tertiary/aromatic N) is 1. The molecule has 1 N–H and O–H groups in total. The van der Waals surface area contributed by atoms with Crippen molar-refractivity contribution in [1.82, 2.24) is 4.90 Å². The Kier molecular flexibility index (Phi) is 6.65. The minimum absolute atomic E-state index is 0.178. The Hall–Kier alpha value is -1.81. The van der Waals surface area contributed by atoms with Crippen molar-refractivity contribution in [3.05, 3.63) is 46.2 Å². The van der Waals surface area contributed by atoms with E-state index in [0.29, 0.717) is 17.5 Å². The van der Waals surface area contributed by atoms with Gasteiger partial charge in [-0.3, -0.25) is 9.59 Å². The highest BCUT2D eigenvalue weighted by molar-refractivity contribution is 6.30. The Morgan fingerprint density at radius 2 is 1.92 bits per heavy atom. The predicted molar refractivity (Wildman–Crippen MR) is 99.5 cm³/mol. The average molecular weight is 364 g/mol. The second kappa shape index (κ2) is 8.52. The fraction of sp³-hybridized carbons (Fsp3) is 0.500. The van der Waals surface area contributed by atoms with Crippen LogP contribution >= 0.6 is 11.6 Å². The number of hydrogen-bond donors (Lipinski definition) is 1. The summed E-state index contributed by atoms with van der Waals surface area (Å²) in [6.07, 6.45) is 4.19. The number of benzene rings is 1. The first kappa shape index (κ1) is 19.5. The van der Waals surface area contributed by atoms with Crippen molar-refractivity contribution in [2.24, 2.45) is 5.92 Å². The molecule has 25 heavy (non-hydrogen) atoms. The van der Waals surface area contributed by atoms with E-state index in [2.05, 4.69) is 13.8 Å². The molecule has 136 valence electrons. The van der Waals surface area contributed by atoms with Crippen LogP contribution in [-0.4, -0.2) is 28.2 Å². The average Bonchev–Trinajstić information content (AvgIpc) is 2.84. The predicted octanol–water partition coefficient (Wildman–Crippen LogP) is 4.84. The van der Waals surface area contributed by atoms with E-state index in [0.717, 1.165) is 31.2 Å². The number of halogens is 1. The molecule has 0 saturated heterocycles. The molecule has 2 atom stereocenters. The molecule has 1 aromatic carbocycles. The summed E-state index contributed by atoms with van der Waals surface area (Å²) < 4.78 is 0. The summed E-state index contributed by atoms with van der Waals surface area (Å²) in [7, 11) is 0. The van der Waals surface area contributed by atoms with Crippen LogP contribution in [0.2, 0.25) is 5.02 Å². The molecule has 1 aliphatic heterocycles. The first-order valence-electron chi connectivity index (χ1n) is 8.91. The van der Waals surface area contributed by atoms with Gasteiger partial charge in [0.1, 0.15) is 0 Å². The van der Waals surface area contributed by atoms with E-state index in [1.807, 2.05) is 12.1 Å². The largest absolute Gasteiger partial charge is 0.503 e. The molecule has 1 aromatic rings. The Morgan fingerprint density at radius 1 is 1.28 bits per heavy atom. The lowest BCUT2D eigenvalue weighted by atomic mass is 9.94. The highest BCUT2D eigenvalue weighted by Gasteiger charge is 2.42. The number of unbranched alkanes of at least 4 members (excludes halogenated alkanes) is 1. The third-order valence-corrected chi connectivity index (χ3v) is 5.12. The van der Waals surface area contributed by atoms with Gasteiger partial charge in [0.05, 0.1) is 11.6 Å². The second-order valence-corrected chi connectivity index (χ2v) is 7.08. The fourth-order valence-corrected chi connectivity index (χ4v) is 3.51. The topological polar surface area (TPSA) is 57.6 Å². The van der Waals surface area contributed by atoms with Crippen molar-refractivity contribution in [1.29, 1.82) is 0 Å². The van der Waals surface area contributed by atoms with E-state index in [1.54, 1.807) is 17.0 Å². The summed E-state index contributed by atoms with van der Waals surface area (Å²) >= 11 is 5.97. The van der Waals surface area contributed by atoms with Crippen LogP contribution in [0.1, 0.15) is 58.1 Å². The minimum Gasteiger partial charge on any atom is -0.503 e. The molecule has 0 saturated carbocycles. The first-order valence-corrected chi connectivity index (χ1v) is 9.28. The fourth-order valence-electron chi connectivity index (χ4n) is 3.39. The number of amides is 1. The van der Waals surface area contributed by atoms with Gasteiger partial charge in [0.25, 0.3) is 5.91 Å². The van der Waals surface area contributed by atoms with E-state index in [1.165, 1.54) is 6.92 Å². The molecule has 0 unspecified atom stereocenters. The molecule has 0 fully saturated rings. The maximum absolute atomic E-state index is 12.6. The van der Waals surface area contributed by atoms with Crippen LogP contribution in [0.15, 0.2) is 35.6 Å². The standard InChI is InChI=1S/C20H26ClNO3/c1-4-6-7-14(5-2)12-22-18(15-8-10-16(21)11-9-15)17(13(3)23)19(24)20(22)25/h8-11,14,18,24H,4-7,12H2,1-3H3/t14-,18-/m1/s1. The van der Waals surface area contributed by atoms with E-state index < -0.39 is 17.7 Å². The number of ketones is 1. The molecule has 5 heteroatoms. The third-order valence-electron chi connectivity index (χ3n) is 4.87. The Balaban J connectivity index is 2.37. The van der Waals surface area contributed by atoms with Crippen LogP contribution in [0.4, 0.5) is 0 Å². The first-order chi connectivity index (χ1) is 11.9. The summed E-state index contributed by atoms with van der Waals surface area (Å²) in [5.74, 6) is -0.814. The van der Waals surface area contributed by atoms with E-state index in [-0.39, 0.29) is 11.4 Å². The van der Waals surface area contributed by atoms with Gasteiger partial charge in [0.15, 0.2) is 11.5 Å². The number of aliphatic hydroxyl groups excluding tert-OH is 1. The van der Waals surface area contributed by atoms with Gasteiger partial charge in [0, 0.05) is 11.6 Å². The molecular formula is C20H26ClNO3.